The minimum atomic E-state index is -0.962. The Morgan fingerprint density at radius 3 is 2.40 bits per heavy atom. The number of aliphatic carboxylic acids is 1. The number of carbonyl (C=O) groups excluding carboxylic acids is 2. The summed E-state index contributed by atoms with van der Waals surface area (Å²) in [6, 6.07) is 8.90. The van der Waals surface area contributed by atoms with E-state index in [1.807, 2.05) is 19.9 Å². The lowest BCUT2D eigenvalue weighted by molar-refractivity contribution is -0.139. The zero-order chi connectivity index (χ0) is 18.4. The molecule has 1 heterocycles. The van der Waals surface area contributed by atoms with Crippen molar-refractivity contribution in [2.24, 2.45) is 5.10 Å². The molecule has 0 aromatic heterocycles. The lowest BCUT2D eigenvalue weighted by atomic mass is 9.88. The van der Waals surface area contributed by atoms with Gasteiger partial charge in [0.2, 0.25) is 5.91 Å². The van der Waals surface area contributed by atoms with Gasteiger partial charge in [0, 0.05) is 12.8 Å². The summed E-state index contributed by atoms with van der Waals surface area (Å²) in [6.07, 6.45) is 1.27. The van der Waals surface area contributed by atoms with Gasteiger partial charge in [0.1, 0.15) is 5.71 Å². The SMILES string of the molecule is CCC(CC)(CC(=O)O)NC(=O)C1=NN(c2ccccc2)C(=O)CC1. The largest absolute Gasteiger partial charge is 0.481 e. The van der Waals surface area contributed by atoms with Crippen molar-refractivity contribution in [1.82, 2.24) is 5.32 Å². The molecule has 1 aromatic rings. The Kier molecular flexibility index (Phi) is 5.90. The fourth-order valence-electron chi connectivity index (χ4n) is 2.81. The molecule has 0 radical (unpaired) electrons. The third-order valence-electron chi connectivity index (χ3n) is 4.52. The molecule has 7 heteroatoms. The Bertz CT molecular complexity index is 681. The molecule has 0 fully saturated rings. The molecule has 2 amide bonds. The number of rotatable bonds is 7. The van der Waals surface area contributed by atoms with Gasteiger partial charge in [-0.15, -0.1) is 0 Å². The van der Waals surface area contributed by atoms with Gasteiger partial charge in [0.05, 0.1) is 17.6 Å². The summed E-state index contributed by atoms with van der Waals surface area (Å²) < 4.78 is 0. The maximum Gasteiger partial charge on any atom is 0.305 e. The Hall–Kier alpha value is -2.70. The first-order valence-corrected chi connectivity index (χ1v) is 8.40. The van der Waals surface area contributed by atoms with Crippen LogP contribution in [0.2, 0.25) is 0 Å². The van der Waals surface area contributed by atoms with Crippen LogP contribution >= 0.6 is 0 Å². The van der Waals surface area contributed by atoms with Gasteiger partial charge >= 0.3 is 5.97 Å². The third-order valence-corrected chi connectivity index (χ3v) is 4.52. The first kappa shape index (κ1) is 18.6. The van der Waals surface area contributed by atoms with Crippen molar-refractivity contribution in [3.63, 3.8) is 0 Å². The maximum absolute atomic E-state index is 12.6. The molecular weight excluding hydrogens is 322 g/mol. The van der Waals surface area contributed by atoms with Crippen molar-refractivity contribution < 1.29 is 19.5 Å². The summed E-state index contributed by atoms with van der Waals surface area (Å²) in [5.41, 5.74) is 0.0187. The summed E-state index contributed by atoms with van der Waals surface area (Å²) >= 11 is 0. The van der Waals surface area contributed by atoms with Crippen LogP contribution in [0.4, 0.5) is 5.69 Å². The second kappa shape index (κ2) is 7.92. The first-order chi connectivity index (χ1) is 11.9. The molecule has 25 heavy (non-hydrogen) atoms. The van der Waals surface area contributed by atoms with E-state index in [1.165, 1.54) is 5.01 Å². The fourth-order valence-corrected chi connectivity index (χ4v) is 2.81. The van der Waals surface area contributed by atoms with E-state index in [4.69, 9.17) is 5.11 Å². The van der Waals surface area contributed by atoms with E-state index >= 15 is 0 Å². The topological polar surface area (TPSA) is 99.1 Å². The molecule has 134 valence electrons. The highest BCUT2D eigenvalue weighted by Gasteiger charge is 2.34. The molecule has 0 saturated heterocycles. The van der Waals surface area contributed by atoms with Crippen LogP contribution < -0.4 is 10.3 Å². The molecule has 1 aliphatic rings. The maximum atomic E-state index is 12.6. The van der Waals surface area contributed by atoms with Gasteiger partial charge in [-0.1, -0.05) is 32.0 Å². The second-order valence-corrected chi connectivity index (χ2v) is 6.10. The van der Waals surface area contributed by atoms with Gasteiger partial charge in [-0.05, 0) is 25.0 Å². The summed E-state index contributed by atoms with van der Waals surface area (Å²) in [4.78, 5) is 35.9. The normalized spacial score (nSPS) is 14.9. The van der Waals surface area contributed by atoms with Crippen LogP contribution in [-0.4, -0.2) is 34.1 Å². The molecule has 0 spiro atoms. The molecule has 0 bridgehead atoms. The lowest BCUT2D eigenvalue weighted by Crippen LogP contribution is -2.52. The molecule has 0 saturated carbocycles. The Morgan fingerprint density at radius 1 is 1.20 bits per heavy atom. The van der Waals surface area contributed by atoms with E-state index in [2.05, 4.69) is 10.4 Å². The van der Waals surface area contributed by atoms with Crippen LogP contribution in [0.25, 0.3) is 0 Å². The van der Waals surface area contributed by atoms with Gasteiger partial charge in [-0.3, -0.25) is 14.4 Å². The van der Waals surface area contributed by atoms with Crippen LogP contribution in [0.5, 0.6) is 0 Å². The smallest absolute Gasteiger partial charge is 0.305 e. The predicted octanol–water partition coefficient (Wildman–Crippen LogP) is 2.32. The van der Waals surface area contributed by atoms with Gasteiger partial charge in [-0.2, -0.15) is 5.10 Å². The zero-order valence-corrected chi connectivity index (χ0v) is 14.5. The van der Waals surface area contributed by atoms with E-state index in [0.29, 0.717) is 18.5 Å². The molecule has 7 nitrogen and oxygen atoms in total. The number of carboxylic acids is 1. The van der Waals surface area contributed by atoms with Gasteiger partial charge < -0.3 is 10.4 Å². The molecule has 0 unspecified atom stereocenters. The molecule has 2 N–H and O–H groups in total. The van der Waals surface area contributed by atoms with Crippen molar-refractivity contribution in [2.45, 2.75) is 51.5 Å². The number of benzene rings is 1. The average Bonchev–Trinajstić information content (AvgIpc) is 2.61. The predicted molar refractivity (Wildman–Crippen MR) is 94.3 cm³/mol. The van der Waals surface area contributed by atoms with E-state index < -0.39 is 17.4 Å². The highest BCUT2D eigenvalue weighted by Crippen LogP contribution is 2.22. The van der Waals surface area contributed by atoms with Crippen molar-refractivity contribution >= 4 is 29.2 Å². The van der Waals surface area contributed by atoms with Gasteiger partial charge in [0.15, 0.2) is 0 Å². The van der Waals surface area contributed by atoms with Crippen LogP contribution in [0.15, 0.2) is 35.4 Å². The number of amides is 2. The van der Waals surface area contributed by atoms with Crippen molar-refractivity contribution in [3.8, 4) is 0 Å². The number of hydrogen-bond donors (Lipinski definition) is 2. The van der Waals surface area contributed by atoms with E-state index in [9.17, 15) is 14.4 Å². The number of carbonyl (C=O) groups is 3. The van der Waals surface area contributed by atoms with Gasteiger partial charge in [-0.25, -0.2) is 5.01 Å². The molecule has 0 aliphatic carbocycles. The lowest BCUT2D eigenvalue weighted by Gasteiger charge is -2.32. The number of anilines is 1. The molecule has 1 aromatic carbocycles. The summed E-state index contributed by atoms with van der Waals surface area (Å²) in [6.45, 7) is 3.68. The van der Waals surface area contributed by atoms with E-state index in [1.54, 1.807) is 24.3 Å². The third kappa shape index (κ3) is 4.43. The van der Waals surface area contributed by atoms with Gasteiger partial charge in [0.25, 0.3) is 5.91 Å². The standard InChI is InChI=1S/C18H23N3O4/c1-3-18(4-2,12-16(23)24)19-17(25)14-10-11-15(22)21(20-14)13-8-6-5-7-9-13/h5-9H,3-4,10-12H2,1-2H3,(H,19,25)(H,23,24). The number of hydrogen-bond acceptors (Lipinski definition) is 4. The number of nitrogens with one attached hydrogen (secondary N) is 1. The van der Waals surface area contributed by atoms with Crippen molar-refractivity contribution in [2.75, 3.05) is 5.01 Å². The van der Waals surface area contributed by atoms with Crippen LogP contribution in [-0.2, 0) is 14.4 Å². The average molecular weight is 345 g/mol. The van der Waals surface area contributed by atoms with Crippen LogP contribution in [0.1, 0.15) is 46.0 Å². The summed E-state index contributed by atoms with van der Waals surface area (Å²) in [7, 11) is 0. The fraction of sp³-hybridized carbons (Fsp3) is 0.444. The number of para-hydroxylation sites is 1. The van der Waals surface area contributed by atoms with Crippen LogP contribution in [0, 0.1) is 0 Å². The Balaban J connectivity index is 2.23. The summed E-state index contributed by atoms with van der Waals surface area (Å²) in [5, 5.41) is 17.4. The number of hydrazone groups is 1. The zero-order valence-electron chi connectivity index (χ0n) is 14.5. The number of nitrogens with zero attached hydrogens (tertiary/aromatic N) is 2. The molecule has 2 rings (SSSR count). The Morgan fingerprint density at radius 2 is 1.84 bits per heavy atom. The van der Waals surface area contributed by atoms with Crippen molar-refractivity contribution in [3.05, 3.63) is 30.3 Å². The highest BCUT2D eigenvalue weighted by molar-refractivity contribution is 6.40. The number of carboxylic acid groups (broad SMARTS) is 1. The minimum absolute atomic E-state index is 0.152. The van der Waals surface area contributed by atoms with E-state index in [0.717, 1.165) is 0 Å². The Labute approximate surface area is 146 Å². The first-order valence-electron chi connectivity index (χ1n) is 8.40. The van der Waals surface area contributed by atoms with Crippen molar-refractivity contribution in [1.29, 1.82) is 0 Å². The highest BCUT2D eigenvalue weighted by atomic mass is 16.4. The van der Waals surface area contributed by atoms with E-state index in [-0.39, 0.29) is 30.9 Å². The molecule has 1 aliphatic heterocycles. The molecule has 0 atom stereocenters. The van der Waals surface area contributed by atoms with Crippen LogP contribution in [0.3, 0.4) is 0 Å². The molecular formula is C18H23N3O4. The second-order valence-electron chi connectivity index (χ2n) is 6.10. The summed E-state index contributed by atoms with van der Waals surface area (Å²) in [5.74, 6) is -1.56. The minimum Gasteiger partial charge on any atom is -0.481 e. The quantitative estimate of drug-likeness (QED) is 0.792. The monoisotopic (exact) mass is 345 g/mol.